The Morgan fingerprint density at radius 3 is 2.71 bits per heavy atom. The summed E-state index contributed by atoms with van der Waals surface area (Å²) in [5, 5.41) is 2.62. The molecule has 0 spiro atoms. The average Bonchev–Trinajstić information content (AvgIpc) is 2.61. The second-order valence-electron chi connectivity index (χ2n) is 7.25. The van der Waals surface area contributed by atoms with Gasteiger partial charge in [0, 0.05) is 48.3 Å². The van der Waals surface area contributed by atoms with E-state index >= 15 is 0 Å². The van der Waals surface area contributed by atoms with Crippen LogP contribution in [-0.2, 0) is 4.74 Å². The van der Waals surface area contributed by atoms with Gasteiger partial charge in [-0.05, 0) is 37.8 Å². The predicted octanol–water partition coefficient (Wildman–Crippen LogP) is 3.62. The number of pyridine rings is 1. The fourth-order valence-corrected chi connectivity index (χ4v) is 4.07. The van der Waals surface area contributed by atoms with Crippen LogP contribution in [0.15, 0.2) is 24.3 Å². The lowest BCUT2D eigenvalue weighted by atomic mass is 9.99. The lowest BCUT2D eigenvalue weighted by Crippen LogP contribution is -2.36. The van der Waals surface area contributed by atoms with E-state index in [1.165, 1.54) is 35.1 Å². The Hall–Kier alpha value is -1.81. The molecular formula is C20H27N3O. The van der Waals surface area contributed by atoms with Crippen molar-refractivity contribution in [3.05, 3.63) is 30.0 Å². The number of hydrogen-bond acceptors (Lipinski definition) is 4. The van der Waals surface area contributed by atoms with Crippen LogP contribution in [0.2, 0.25) is 0 Å². The standard InChI is InChI=1S/C20H27N3O/c1-15-5-4-8-23(14-15)20-17-6-3-7-19(18(17)13-16(2)21-20)22-9-11-24-12-10-22/h3,6-7,13,15H,4-5,8-12,14H2,1-2H3. The molecule has 0 radical (unpaired) electrons. The van der Waals surface area contributed by atoms with Crippen LogP contribution in [-0.4, -0.2) is 44.4 Å². The Balaban J connectivity index is 1.80. The second-order valence-corrected chi connectivity index (χ2v) is 7.25. The fourth-order valence-electron chi connectivity index (χ4n) is 4.07. The quantitative estimate of drug-likeness (QED) is 0.843. The lowest BCUT2D eigenvalue weighted by Gasteiger charge is -2.34. The summed E-state index contributed by atoms with van der Waals surface area (Å²) in [6.45, 7) is 10.3. The minimum atomic E-state index is 0.749. The summed E-state index contributed by atoms with van der Waals surface area (Å²) in [7, 11) is 0. The third kappa shape index (κ3) is 2.95. The van der Waals surface area contributed by atoms with Gasteiger partial charge in [-0.15, -0.1) is 0 Å². The van der Waals surface area contributed by atoms with Crippen molar-refractivity contribution in [1.82, 2.24) is 4.98 Å². The molecule has 2 saturated heterocycles. The highest BCUT2D eigenvalue weighted by Crippen LogP contribution is 2.34. The predicted molar refractivity (Wildman–Crippen MR) is 100 cm³/mol. The van der Waals surface area contributed by atoms with Crippen molar-refractivity contribution >= 4 is 22.3 Å². The van der Waals surface area contributed by atoms with E-state index in [1.54, 1.807) is 0 Å². The number of nitrogens with zero attached hydrogens (tertiary/aromatic N) is 3. The Kier molecular flexibility index (Phi) is 4.31. The number of anilines is 2. The van der Waals surface area contributed by atoms with Gasteiger partial charge in [0.15, 0.2) is 0 Å². The first-order valence-electron chi connectivity index (χ1n) is 9.20. The molecule has 0 N–H and O–H groups in total. The molecule has 128 valence electrons. The molecule has 0 bridgehead atoms. The van der Waals surface area contributed by atoms with E-state index in [9.17, 15) is 0 Å². The minimum absolute atomic E-state index is 0.749. The van der Waals surface area contributed by atoms with Crippen molar-refractivity contribution in [2.45, 2.75) is 26.7 Å². The van der Waals surface area contributed by atoms with Gasteiger partial charge in [0.1, 0.15) is 5.82 Å². The Morgan fingerprint density at radius 1 is 1.08 bits per heavy atom. The smallest absolute Gasteiger partial charge is 0.136 e. The molecule has 2 aliphatic heterocycles. The number of aromatic nitrogens is 1. The molecule has 0 aliphatic carbocycles. The van der Waals surface area contributed by atoms with Crippen LogP contribution in [0.25, 0.3) is 10.8 Å². The number of morpholine rings is 1. The van der Waals surface area contributed by atoms with Crippen LogP contribution in [0.1, 0.15) is 25.5 Å². The van der Waals surface area contributed by atoms with E-state index in [0.29, 0.717) is 0 Å². The number of ether oxygens (including phenoxy) is 1. The topological polar surface area (TPSA) is 28.6 Å². The molecule has 3 heterocycles. The maximum absolute atomic E-state index is 5.53. The Labute approximate surface area is 144 Å². The number of hydrogen-bond donors (Lipinski definition) is 0. The monoisotopic (exact) mass is 325 g/mol. The summed E-state index contributed by atoms with van der Waals surface area (Å²) >= 11 is 0. The van der Waals surface area contributed by atoms with E-state index in [-0.39, 0.29) is 0 Å². The van der Waals surface area contributed by atoms with E-state index in [4.69, 9.17) is 9.72 Å². The molecule has 1 aromatic heterocycles. The van der Waals surface area contributed by atoms with Gasteiger partial charge in [0.05, 0.1) is 13.2 Å². The van der Waals surface area contributed by atoms with E-state index in [0.717, 1.165) is 51.0 Å². The molecule has 4 rings (SSSR count). The maximum atomic E-state index is 5.53. The van der Waals surface area contributed by atoms with Crippen molar-refractivity contribution in [2.24, 2.45) is 5.92 Å². The van der Waals surface area contributed by atoms with E-state index < -0.39 is 0 Å². The molecule has 4 heteroatoms. The molecule has 4 nitrogen and oxygen atoms in total. The van der Waals surface area contributed by atoms with Crippen molar-refractivity contribution in [3.63, 3.8) is 0 Å². The normalized spacial score (nSPS) is 22.2. The molecule has 2 fully saturated rings. The minimum Gasteiger partial charge on any atom is -0.378 e. The zero-order chi connectivity index (χ0) is 16.5. The van der Waals surface area contributed by atoms with E-state index in [2.05, 4.69) is 47.9 Å². The highest BCUT2D eigenvalue weighted by molar-refractivity contribution is 6.01. The highest BCUT2D eigenvalue weighted by atomic mass is 16.5. The van der Waals surface area contributed by atoms with Crippen molar-refractivity contribution in [3.8, 4) is 0 Å². The number of piperidine rings is 1. The summed E-state index contributed by atoms with van der Waals surface area (Å²) in [6, 6.07) is 8.91. The van der Waals surface area contributed by atoms with Gasteiger partial charge in [-0.2, -0.15) is 0 Å². The molecule has 1 atom stereocenters. The Morgan fingerprint density at radius 2 is 1.92 bits per heavy atom. The summed E-state index contributed by atoms with van der Waals surface area (Å²) in [6.07, 6.45) is 2.60. The van der Waals surface area contributed by atoms with Gasteiger partial charge in [-0.3, -0.25) is 0 Å². The molecule has 1 unspecified atom stereocenters. The Bertz CT molecular complexity index is 724. The van der Waals surface area contributed by atoms with Crippen LogP contribution in [0.3, 0.4) is 0 Å². The molecule has 0 amide bonds. The molecular weight excluding hydrogens is 298 g/mol. The van der Waals surface area contributed by atoms with E-state index in [1.807, 2.05) is 0 Å². The molecule has 0 saturated carbocycles. The fraction of sp³-hybridized carbons (Fsp3) is 0.550. The highest BCUT2D eigenvalue weighted by Gasteiger charge is 2.21. The number of aryl methyl sites for hydroxylation is 1. The molecule has 24 heavy (non-hydrogen) atoms. The third-order valence-corrected chi connectivity index (χ3v) is 5.27. The first-order valence-corrected chi connectivity index (χ1v) is 9.20. The van der Waals surface area contributed by atoms with Gasteiger partial charge in [-0.25, -0.2) is 4.98 Å². The summed E-state index contributed by atoms with van der Waals surface area (Å²) in [4.78, 5) is 9.87. The van der Waals surface area contributed by atoms with Gasteiger partial charge >= 0.3 is 0 Å². The first kappa shape index (κ1) is 15.7. The summed E-state index contributed by atoms with van der Waals surface area (Å²) < 4.78 is 5.53. The number of fused-ring (bicyclic) bond motifs is 1. The van der Waals surface area contributed by atoms with Crippen LogP contribution in [0, 0.1) is 12.8 Å². The zero-order valence-electron chi connectivity index (χ0n) is 14.8. The van der Waals surface area contributed by atoms with Crippen LogP contribution in [0.4, 0.5) is 11.5 Å². The van der Waals surface area contributed by atoms with Crippen molar-refractivity contribution < 1.29 is 4.74 Å². The largest absolute Gasteiger partial charge is 0.378 e. The van der Waals surface area contributed by atoms with Crippen LogP contribution < -0.4 is 9.80 Å². The lowest BCUT2D eigenvalue weighted by molar-refractivity contribution is 0.123. The maximum Gasteiger partial charge on any atom is 0.136 e. The molecule has 2 aliphatic rings. The van der Waals surface area contributed by atoms with Crippen LogP contribution >= 0.6 is 0 Å². The van der Waals surface area contributed by atoms with Crippen molar-refractivity contribution in [1.29, 1.82) is 0 Å². The van der Waals surface area contributed by atoms with Crippen molar-refractivity contribution in [2.75, 3.05) is 49.2 Å². The molecule has 2 aromatic rings. The third-order valence-electron chi connectivity index (χ3n) is 5.27. The number of benzene rings is 1. The average molecular weight is 325 g/mol. The second kappa shape index (κ2) is 6.60. The SMILES string of the molecule is Cc1cc2c(N3CCOCC3)cccc2c(N2CCCC(C)C2)n1. The summed E-state index contributed by atoms with van der Waals surface area (Å²) in [5.74, 6) is 1.92. The van der Waals surface area contributed by atoms with Gasteiger partial charge in [0.25, 0.3) is 0 Å². The zero-order valence-corrected chi connectivity index (χ0v) is 14.8. The number of rotatable bonds is 2. The molecule has 1 aromatic carbocycles. The van der Waals surface area contributed by atoms with Gasteiger partial charge in [-0.1, -0.05) is 19.1 Å². The van der Waals surface area contributed by atoms with Gasteiger partial charge in [0.2, 0.25) is 0 Å². The summed E-state index contributed by atoms with van der Waals surface area (Å²) in [5.41, 5.74) is 2.43. The first-order chi connectivity index (χ1) is 11.7. The van der Waals surface area contributed by atoms with Crippen LogP contribution in [0.5, 0.6) is 0 Å². The van der Waals surface area contributed by atoms with Gasteiger partial charge < -0.3 is 14.5 Å².